The van der Waals surface area contributed by atoms with Gasteiger partial charge < -0.3 is 9.84 Å². The number of hydrogen-bond acceptors (Lipinski definition) is 5. The molecule has 0 atom stereocenters. The van der Waals surface area contributed by atoms with E-state index in [-0.39, 0.29) is 25.9 Å². The van der Waals surface area contributed by atoms with Gasteiger partial charge in [0.2, 0.25) is 0 Å². The van der Waals surface area contributed by atoms with Crippen LogP contribution in [0.25, 0.3) is 10.4 Å². The van der Waals surface area contributed by atoms with Crippen LogP contribution in [0.1, 0.15) is 15.2 Å². The number of sulfonamides is 1. The lowest BCUT2D eigenvalue weighted by Crippen LogP contribution is -2.17. The van der Waals surface area contributed by atoms with Crippen LogP contribution in [0.4, 0.5) is 18.9 Å². The average molecular weight is 457 g/mol. The first-order valence-corrected chi connectivity index (χ1v) is 10.6. The number of halogens is 3. The molecule has 0 aliphatic rings. The molecular formula is C19H14F3NO5S2. The number of anilines is 1. The molecule has 158 valence electrons. The highest BCUT2D eigenvalue weighted by Gasteiger charge is 2.31. The minimum absolute atomic E-state index is 0.0188. The number of carbonyl (C=O) groups is 1. The number of ether oxygens (including phenoxy) is 1. The van der Waals surface area contributed by atoms with Gasteiger partial charge in [0.15, 0.2) is 0 Å². The van der Waals surface area contributed by atoms with Gasteiger partial charge in [-0.3, -0.25) is 4.72 Å². The summed E-state index contributed by atoms with van der Waals surface area (Å²) in [5, 5.41) is 9.46. The summed E-state index contributed by atoms with van der Waals surface area (Å²) < 4.78 is 68.9. The molecule has 0 aliphatic carbocycles. The summed E-state index contributed by atoms with van der Waals surface area (Å²) in [6.45, 7) is 1.60. The lowest BCUT2D eigenvalue weighted by Gasteiger charge is -2.10. The number of aryl methyl sites for hydroxylation is 1. The van der Waals surface area contributed by atoms with Gasteiger partial charge in [-0.1, -0.05) is 30.3 Å². The molecule has 2 aromatic carbocycles. The van der Waals surface area contributed by atoms with Crippen molar-refractivity contribution < 1.29 is 36.2 Å². The molecule has 0 fully saturated rings. The second-order valence-corrected chi connectivity index (χ2v) is 8.81. The van der Waals surface area contributed by atoms with E-state index >= 15 is 0 Å². The van der Waals surface area contributed by atoms with Crippen LogP contribution in [0.15, 0.2) is 59.5 Å². The molecule has 0 unspecified atom stereocenters. The van der Waals surface area contributed by atoms with Gasteiger partial charge in [-0.2, -0.15) is 0 Å². The lowest BCUT2D eigenvalue weighted by molar-refractivity contribution is -0.274. The Morgan fingerprint density at radius 2 is 1.80 bits per heavy atom. The molecule has 30 heavy (non-hydrogen) atoms. The maximum absolute atomic E-state index is 12.7. The smallest absolute Gasteiger partial charge is 0.477 e. The molecular weight excluding hydrogens is 443 g/mol. The minimum Gasteiger partial charge on any atom is -0.477 e. The Morgan fingerprint density at radius 3 is 2.43 bits per heavy atom. The fourth-order valence-corrected chi connectivity index (χ4v) is 5.00. The summed E-state index contributed by atoms with van der Waals surface area (Å²) in [6, 6.07) is 12.4. The number of alkyl halides is 3. The van der Waals surface area contributed by atoms with E-state index in [0.717, 1.165) is 23.5 Å². The molecule has 3 rings (SSSR count). The van der Waals surface area contributed by atoms with Crippen molar-refractivity contribution in [2.45, 2.75) is 18.2 Å². The van der Waals surface area contributed by atoms with Crippen molar-refractivity contribution in [2.24, 2.45) is 0 Å². The Hall–Kier alpha value is -3.05. The summed E-state index contributed by atoms with van der Waals surface area (Å²) in [4.78, 5) is 11.5. The van der Waals surface area contributed by atoms with Crippen LogP contribution in [0, 0.1) is 6.92 Å². The minimum atomic E-state index is -4.88. The Balaban J connectivity index is 2.00. The van der Waals surface area contributed by atoms with Crippen molar-refractivity contribution in [3.8, 4) is 16.2 Å². The molecule has 3 aromatic rings. The Morgan fingerprint density at radius 1 is 1.10 bits per heavy atom. The molecule has 0 saturated heterocycles. The SMILES string of the molecule is Cc1ccccc1S(=O)(=O)Nc1cc(-c2cccc(OC(F)(F)F)c2)sc1C(=O)O. The quantitative estimate of drug-likeness (QED) is 0.536. The van der Waals surface area contributed by atoms with E-state index in [1.54, 1.807) is 19.1 Å². The normalized spacial score (nSPS) is 11.9. The van der Waals surface area contributed by atoms with Crippen molar-refractivity contribution in [1.29, 1.82) is 0 Å². The molecule has 0 saturated carbocycles. The third-order valence-corrected chi connectivity index (χ3v) is 6.60. The van der Waals surface area contributed by atoms with Gasteiger partial charge in [-0.15, -0.1) is 24.5 Å². The van der Waals surface area contributed by atoms with Crippen molar-refractivity contribution >= 4 is 33.0 Å². The number of aromatic carboxylic acids is 1. The second kappa shape index (κ2) is 8.00. The van der Waals surface area contributed by atoms with E-state index in [0.29, 0.717) is 5.56 Å². The summed E-state index contributed by atoms with van der Waals surface area (Å²) in [6.07, 6.45) is -4.88. The number of benzene rings is 2. The van der Waals surface area contributed by atoms with Gasteiger partial charge >= 0.3 is 12.3 Å². The Kier molecular flexibility index (Phi) is 5.77. The highest BCUT2D eigenvalue weighted by molar-refractivity contribution is 7.92. The van der Waals surface area contributed by atoms with E-state index < -0.39 is 28.1 Å². The third kappa shape index (κ3) is 4.92. The van der Waals surface area contributed by atoms with Gasteiger partial charge in [0.1, 0.15) is 10.6 Å². The predicted molar refractivity (Wildman–Crippen MR) is 105 cm³/mol. The van der Waals surface area contributed by atoms with Crippen LogP contribution in [0.3, 0.4) is 0 Å². The monoisotopic (exact) mass is 457 g/mol. The summed E-state index contributed by atoms with van der Waals surface area (Å²) >= 11 is 0.724. The molecule has 0 amide bonds. The Bertz CT molecular complexity index is 1200. The lowest BCUT2D eigenvalue weighted by atomic mass is 10.2. The van der Waals surface area contributed by atoms with Crippen LogP contribution in [-0.2, 0) is 10.0 Å². The summed E-state index contributed by atoms with van der Waals surface area (Å²) in [7, 11) is -4.08. The highest BCUT2D eigenvalue weighted by atomic mass is 32.2. The fraction of sp³-hybridized carbons (Fsp3) is 0.105. The van der Waals surface area contributed by atoms with Crippen molar-refractivity contribution in [3.05, 3.63) is 65.0 Å². The van der Waals surface area contributed by atoms with Gasteiger partial charge in [-0.25, -0.2) is 13.2 Å². The van der Waals surface area contributed by atoms with Crippen LogP contribution in [0.2, 0.25) is 0 Å². The van der Waals surface area contributed by atoms with Crippen molar-refractivity contribution in [3.63, 3.8) is 0 Å². The standard InChI is InChI=1S/C19H14F3NO5S2/c1-11-5-2-3-8-16(11)30(26,27)23-14-10-15(29-17(14)18(24)25)12-6-4-7-13(9-12)28-19(20,21)22/h2-10,23H,1H3,(H,24,25). The van der Waals surface area contributed by atoms with Crippen LogP contribution in [0.5, 0.6) is 5.75 Å². The molecule has 0 radical (unpaired) electrons. The van der Waals surface area contributed by atoms with Crippen LogP contribution >= 0.6 is 11.3 Å². The maximum Gasteiger partial charge on any atom is 0.573 e. The summed E-state index contributed by atoms with van der Waals surface area (Å²) in [5.74, 6) is -1.86. The zero-order valence-corrected chi connectivity index (χ0v) is 16.9. The van der Waals surface area contributed by atoms with E-state index in [2.05, 4.69) is 9.46 Å². The van der Waals surface area contributed by atoms with E-state index in [4.69, 9.17) is 0 Å². The molecule has 0 aliphatic heterocycles. The van der Waals surface area contributed by atoms with Gasteiger partial charge in [0.25, 0.3) is 10.0 Å². The highest BCUT2D eigenvalue weighted by Crippen LogP contribution is 2.38. The van der Waals surface area contributed by atoms with E-state index in [1.807, 2.05) is 0 Å². The van der Waals surface area contributed by atoms with Crippen molar-refractivity contribution in [1.82, 2.24) is 0 Å². The largest absolute Gasteiger partial charge is 0.573 e. The third-order valence-electron chi connectivity index (χ3n) is 3.91. The average Bonchev–Trinajstić information content (AvgIpc) is 3.04. The first-order chi connectivity index (χ1) is 14.0. The number of hydrogen-bond donors (Lipinski definition) is 2. The first-order valence-electron chi connectivity index (χ1n) is 8.28. The number of carboxylic acid groups (broad SMARTS) is 1. The zero-order chi connectivity index (χ0) is 22.1. The topological polar surface area (TPSA) is 92.7 Å². The molecule has 0 spiro atoms. The van der Waals surface area contributed by atoms with E-state index in [1.165, 1.54) is 30.3 Å². The molecule has 2 N–H and O–H groups in total. The number of thiophene rings is 1. The number of rotatable bonds is 6. The number of carboxylic acids is 1. The molecule has 1 heterocycles. The zero-order valence-electron chi connectivity index (χ0n) is 15.2. The molecule has 6 nitrogen and oxygen atoms in total. The van der Waals surface area contributed by atoms with Crippen LogP contribution in [-0.4, -0.2) is 25.9 Å². The molecule has 11 heteroatoms. The van der Waals surface area contributed by atoms with Crippen LogP contribution < -0.4 is 9.46 Å². The predicted octanol–water partition coefficient (Wildman–Crippen LogP) is 5.12. The second-order valence-electron chi connectivity index (χ2n) is 6.11. The van der Waals surface area contributed by atoms with Crippen molar-refractivity contribution in [2.75, 3.05) is 4.72 Å². The Labute approximate surface area is 173 Å². The van der Waals surface area contributed by atoms with E-state index in [9.17, 15) is 31.5 Å². The van der Waals surface area contributed by atoms with Gasteiger partial charge in [0.05, 0.1) is 10.6 Å². The summed E-state index contributed by atoms with van der Waals surface area (Å²) in [5.41, 5.74) is 0.521. The molecule has 0 bridgehead atoms. The first kappa shape index (κ1) is 21.7. The maximum atomic E-state index is 12.7. The fourth-order valence-electron chi connectivity index (χ4n) is 2.67. The van der Waals surface area contributed by atoms with Gasteiger partial charge in [-0.05, 0) is 42.3 Å². The number of nitrogens with one attached hydrogen (secondary N) is 1. The van der Waals surface area contributed by atoms with Gasteiger partial charge in [0, 0.05) is 4.88 Å². The molecule has 1 aromatic heterocycles.